The van der Waals surface area contributed by atoms with Crippen LogP contribution in [0.15, 0.2) is 0 Å². The third-order valence-corrected chi connectivity index (χ3v) is 1.89. The van der Waals surface area contributed by atoms with Gasteiger partial charge in [0, 0.05) is 12.1 Å². The number of rotatable bonds is 3. The second-order valence-corrected chi connectivity index (χ2v) is 5.59. The molecule has 0 spiro atoms. The minimum atomic E-state index is -0.214. The highest BCUT2D eigenvalue weighted by atomic mass is 16.6. The van der Waals surface area contributed by atoms with Gasteiger partial charge in [-0.1, -0.05) is 34.1 Å². The van der Waals surface area contributed by atoms with Crippen LogP contribution in [0.5, 0.6) is 0 Å². The lowest BCUT2D eigenvalue weighted by atomic mass is 10.1. The van der Waals surface area contributed by atoms with Gasteiger partial charge in [-0.05, 0) is 33.6 Å². The second-order valence-electron chi connectivity index (χ2n) is 5.59. The Morgan fingerprint density at radius 1 is 1.18 bits per heavy atom. The maximum atomic E-state index is 11.6. The molecule has 0 aromatic heterocycles. The monoisotopic (exact) mass is 245 g/mol. The van der Waals surface area contributed by atoms with Crippen molar-refractivity contribution in [1.82, 2.24) is 4.90 Å². The van der Waals surface area contributed by atoms with E-state index in [2.05, 4.69) is 13.8 Å². The van der Waals surface area contributed by atoms with Gasteiger partial charge >= 0.3 is 6.09 Å². The van der Waals surface area contributed by atoms with Gasteiger partial charge < -0.3 is 9.64 Å². The molecule has 0 atom stereocenters. The maximum Gasteiger partial charge on any atom is 0.410 e. The van der Waals surface area contributed by atoms with Crippen LogP contribution >= 0.6 is 0 Å². The van der Waals surface area contributed by atoms with Crippen LogP contribution in [0.4, 0.5) is 4.79 Å². The molecular formula is C14H31NO2. The summed E-state index contributed by atoms with van der Waals surface area (Å²) in [4.78, 5) is 13.4. The first-order valence-electron chi connectivity index (χ1n) is 6.64. The molecule has 1 amide bonds. The molecule has 0 radical (unpaired) electrons. The van der Waals surface area contributed by atoms with E-state index in [1.807, 2.05) is 41.5 Å². The van der Waals surface area contributed by atoms with Gasteiger partial charge in [-0.25, -0.2) is 4.79 Å². The van der Waals surface area contributed by atoms with Crippen molar-refractivity contribution in [2.75, 3.05) is 13.2 Å². The van der Waals surface area contributed by atoms with E-state index in [-0.39, 0.29) is 11.6 Å². The molecule has 3 nitrogen and oxygen atoms in total. The van der Waals surface area contributed by atoms with Gasteiger partial charge in [0.25, 0.3) is 0 Å². The third kappa shape index (κ3) is 10.2. The molecule has 17 heavy (non-hydrogen) atoms. The predicted molar refractivity (Wildman–Crippen MR) is 74.3 cm³/mol. The lowest BCUT2D eigenvalue weighted by molar-refractivity contribution is 0.0630. The standard InChI is InChI=1S/C11H23NO2.C3H8/c1-7-12(11(4,5)6)10(13)14-8-9(2)3;1-3-2/h9H,7-8H2,1-6H3;3H2,1-2H3. The molecule has 0 aromatic rings. The Labute approximate surface area is 108 Å². The van der Waals surface area contributed by atoms with Crippen LogP contribution in [0.2, 0.25) is 0 Å². The molecule has 0 aliphatic carbocycles. The Balaban J connectivity index is 0. The molecule has 0 aliphatic heterocycles. The minimum Gasteiger partial charge on any atom is -0.449 e. The summed E-state index contributed by atoms with van der Waals surface area (Å²) in [5.74, 6) is 0.387. The number of carbonyl (C=O) groups is 1. The number of hydrogen-bond donors (Lipinski definition) is 0. The number of nitrogens with zero attached hydrogens (tertiary/aromatic N) is 1. The molecule has 0 aliphatic rings. The van der Waals surface area contributed by atoms with Gasteiger partial charge in [-0.15, -0.1) is 0 Å². The highest BCUT2D eigenvalue weighted by molar-refractivity contribution is 5.68. The average molecular weight is 245 g/mol. The predicted octanol–water partition coefficient (Wildman–Crippen LogP) is 4.32. The van der Waals surface area contributed by atoms with Crippen molar-refractivity contribution in [3.8, 4) is 0 Å². The Kier molecular flexibility index (Phi) is 10.2. The summed E-state index contributed by atoms with van der Waals surface area (Å²) in [6.45, 7) is 17.5. The molecule has 0 saturated carbocycles. The quantitative estimate of drug-likeness (QED) is 0.741. The molecule has 0 rings (SSSR count). The zero-order valence-corrected chi connectivity index (χ0v) is 13.0. The highest BCUT2D eigenvalue weighted by Gasteiger charge is 2.25. The molecular weight excluding hydrogens is 214 g/mol. The smallest absolute Gasteiger partial charge is 0.410 e. The fourth-order valence-corrected chi connectivity index (χ4v) is 1.19. The Morgan fingerprint density at radius 2 is 1.59 bits per heavy atom. The summed E-state index contributed by atoms with van der Waals surface area (Å²) < 4.78 is 5.17. The largest absolute Gasteiger partial charge is 0.449 e. The molecule has 0 fully saturated rings. The molecule has 0 bridgehead atoms. The van der Waals surface area contributed by atoms with Crippen LogP contribution in [-0.2, 0) is 4.74 Å². The Hall–Kier alpha value is -0.730. The van der Waals surface area contributed by atoms with Gasteiger partial charge in [-0.2, -0.15) is 0 Å². The maximum absolute atomic E-state index is 11.6. The van der Waals surface area contributed by atoms with E-state index >= 15 is 0 Å². The summed E-state index contributed by atoms with van der Waals surface area (Å²) in [5, 5.41) is 0. The summed E-state index contributed by atoms with van der Waals surface area (Å²) in [7, 11) is 0. The second kappa shape index (κ2) is 9.32. The summed E-state index contributed by atoms with van der Waals surface area (Å²) >= 11 is 0. The van der Waals surface area contributed by atoms with Crippen LogP contribution in [0.3, 0.4) is 0 Å². The van der Waals surface area contributed by atoms with Crippen LogP contribution in [-0.4, -0.2) is 29.7 Å². The Morgan fingerprint density at radius 3 is 1.82 bits per heavy atom. The SMILES string of the molecule is CCC.CCN(C(=O)OCC(C)C)C(C)(C)C. The lowest BCUT2D eigenvalue weighted by Gasteiger charge is -2.33. The van der Waals surface area contributed by atoms with Crippen molar-refractivity contribution in [1.29, 1.82) is 0 Å². The zero-order chi connectivity index (χ0) is 14.1. The summed E-state index contributed by atoms with van der Waals surface area (Å²) in [6, 6.07) is 0. The van der Waals surface area contributed by atoms with E-state index in [0.717, 1.165) is 0 Å². The molecule has 0 unspecified atom stereocenters. The van der Waals surface area contributed by atoms with E-state index in [1.165, 1.54) is 6.42 Å². The minimum absolute atomic E-state index is 0.164. The molecule has 0 saturated heterocycles. The first-order valence-corrected chi connectivity index (χ1v) is 6.64. The first-order chi connectivity index (χ1) is 7.70. The molecule has 104 valence electrons. The van der Waals surface area contributed by atoms with Crippen molar-refractivity contribution in [2.24, 2.45) is 5.92 Å². The summed E-state index contributed by atoms with van der Waals surface area (Å²) in [5.41, 5.74) is -0.164. The summed E-state index contributed by atoms with van der Waals surface area (Å²) in [6.07, 6.45) is 1.04. The van der Waals surface area contributed by atoms with E-state index in [4.69, 9.17) is 4.74 Å². The number of amides is 1. The normalized spacial score (nSPS) is 10.6. The van der Waals surface area contributed by atoms with Gasteiger partial charge in [-0.3, -0.25) is 0 Å². The van der Waals surface area contributed by atoms with Crippen LogP contribution in [0.25, 0.3) is 0 Å². The Bertz CT molecular complexity index is 195. The van der Waals surface area contributed by atoms with Crippen LogP contribution in [0.1, 0.15) is 61.8 Å². The fourth-order valence-electron chi connectivity index (χ4n) is 1.19. The van der Waals surface area contributed by atoms with Crippen LogP contribution < -0.4 is 0 Å². The lowest BCUT2D eigenvalue weighted by Crippen LogP contribution is -2.45. The number of carbonyl (C=O) groups excluding carboxylic acids is 1. The van der Waals surface area contributed by atoms with E-state index in [9.17, 15) is 4.79 Å². The van der Waals surface area contributed by atoms with Gasteiger partial charge in [0.15, 0.2) is 0 Å². The van der Waals surface area contributed by atoms with Crippen molar-refractivity contribution in [3.63, 3.8) is 0 Å². The molecule has 0 heterocycles. The van der Waals surface area contributed by atoms with Crippen molar-refractivity contribution < 1.29 is 9.53 Å². The van der Waals surface area contributed by atoms with E-state index in [0.29, 0.717) is 19.1 Å². The van der Waals surface area contributed by atoms with E-state index in [1.54, 1.807) is 4.90 Å². The van der Waals surface area contributed by atoms with E-state index < -0.39 is 0 Å². The molecule has 0 N–H and O–H groups in total. The molecule has 3 heteroatoms. The zero-order valence-electron chi connectivity index (χ0n) is 13.0. The average Bonchev–Trinajstić information content (AvgIpc) is 2.14. The number of hydrogen-bond acceptors (Lipinski definition) is 2. The topological polar surface area (TPSA) is 29.5 Å². The first kappa shape index (κ1) is 18.6. The van der Waals surface area contributed by atoms with Gasteiger partial charge in [0.2, 0.25) is 0 Å². The van der Waals surface area contributed by atoms with Crippen LogP contribution in [0, 0.1) is 5.92 Å². The van der Waals surface area contributed by atoms with Crippen molar-refractivity contribution >= 4 is 6.09 Å². The van der Waals surface area contributed by atoms with Gasteiger partial charge in [0.1, 0.15) is 0 Å². The fraction of sp³-hybridized carbons (Fsp3) is 0.929. The third-order valence-electron chi connectivity index (χ3n) is 1.89. The van der Waals surface area contributed by atoms with Crippen molar-refractivity contribution in [2.45, 2.75) is 67.3 Å². The van der Waals surface area contributed by atoms with Crippen molar-refractivity contribution in [3.05, 3.63) is 0 Å². The molecule has 0 aromatic carbocycles. The number of ether oxygens (including phenoxy) is 1. The van der Waals surface area contributed by atoms with Gasteiger partial charge in [0.05, 0.1) is 6.61 Å². The highest BCUT2D eigenvalue weighted by Crippen LogP contribution is 2.14.